The second-order valence-electron chi connectivity index (χ2n) is 5.51. The second kappa shape index (κ2) is 6.18. The van der Waals surface area contributed by atoms with Crippen LogP contribution in [0.25, 0.3) is 11.3 Å². The molecule has 3 heterocycles. The molecule has 0 aliphatic carbocycles. The smallest absolute Gasteiger partial charge is 0.132 e. The molecule has 0 spiro atoms. The van der Waals surface area contributed by atoms with Crippen LogP contribution >= 0.6 is 0 Å². The van der Waals surface area contributed by atoms with Crippen molar-refractivity contribution in [2.75, 3.05) is 24.6 Å². The first-order valence-electron chi connectivity index (χ1n) is 7.38. The molecule has 1 saturated heterocycles. The van der Waals surface area contributed by atoms with E-state index in [2.05, 4.69) is 19.9 Å². The molecule has 1 fully saturated rings. The van der Waals surface area contributed by atoms with E-state index in [-0.39, 0.29) is 0 Å². The van der Waals surface area contributed by atoms with Gasteiger partial charge in [0.05, 0.1) is 5.69 Å². The first-order valence-corrected chi connectivity index (χ1v) is 7.38. The maximum atomic E-state index is 9.23. The van der Waals surface area contributed by atoms with Crippen molar-refractivity contribution < 1.29 is 5.11 Å². The van der Waals surface area contributed by atoms with Gasteiger partial charge in [-0.15, -0.1) is 0 Å². The van der Waals surface area contributed by atoms with Gasteiger partial charge in [0.2, 0.25) is 0 Å². The Morgan fingerprint density at radius 2 is 1.90 bits per heavy atom. The van der Waals surface area contributed by atoms with E-state index in [1.165, 1.54) is 0 Å². The third-order valence-electron chi connectivity index (χ3n) is 4.00. The minimum atomic E-state index is 0.291. The maximum Gasteiger partial charge on any atom is 0.132 e. The van der Waals surface area contributed by atoms with E-state index in [0.29, 0.717) is 12.5 Å². The number of anilines is 1. The Hall–Kier alpha value is -2.01. The molecular formula is C16H20N4O. The summed E-state index contributed by atoms with van der Waals surface area (Å²) < 4.78 is 0. The molecule has 1 aliphatic heterocycles. The van der Waals surface area contributed by atoms with E-state index in [1.807, 2.05) is 25.1 Å². The molecule has 0 amide bonds. The molecule has 1 aliphatic rings. The average molecular weight is 284 g/mol. The van der Waals surface area contributed by atoms with E-state index >= 15 is 0 Å². The van der Waals surface area contributed by atoms with Gasteiger partial charge in [0.1, 0.15) is 11.6 Å². The van der Waals surface area contributed by atoms with Crippen LogP contribution in [0, 0.1) is 12.8 Å². The summed E-state index contributed by atoms with van der Waals surface area (Å²) in [6.45, 7) is 4.10. The first-order chi connectivity index (χ1) is 10.3. The van der Waals surface area contributed by atoms with Crippen molar-refractivity contribution in [3.8, 4) is 11.3 Å². The molecule has 0 bridgehead atoms. The first kappa shape index (κ1) is 13.9. The normalized spacial score (nSPS) is 16.2. The topological polar surface area (TPSA) is 62.1 Å². The average Bonchev–Trinajstić information content (AvgIpc) is 2.55. The number of aryl methyl sites for hydroxylation is 1. The summed E-state index contributed by atoms with van der Waals surface area (Å²) in [5, 5.41) is 9.23. The van der Waals surface area contributed by atoms with E-state index in [4.69, 9.17) is 0 Å². The predicted octanol–water partition coefficient (Wildman–Crippen LogP) is 2.06. The maximum absolute atomic E-state index is 9.23. The minimum Gasteiger partial charge on any atom is -0.396 e. The van der Waals surface area contributed by atoms with Crippen LogP contribution in [0.4, 0.5) is 5.82 Å². The van der Waals surface area contributed by atoms with Crippen LogP contribution in [-0.4, -0.2) is 39.8 Å². The van der Waals surface area contributed by atoms with Crippen molar-refractivity contribution in [3.05, 3.63) is 36.4 Å². The molecule has 3 rings (SSSR count). The van der Waals surface area contributed by atoms with E-state index in [1.54, 1.807) is 12.4 Å². The monoisotopic (exact) mass is 284 g/mol. The Bertz CT molecular complexity index is 594. The number of hydrogen-bond acceptors (Lipinski definition) is 5. The van der Waals surface area contributed by atoms with Crippen LogP contribution < -0.4 is 4.90 Å². The molecule has 2 aromatic rings. The van der Waals surface area contributed by atoms with Gasteiger partial charge in [-0.3, -0.25) is 4.98 Å². The standard InChI is InChI=1S/C16H20N4O/c1-12-18-15(14-2-6-17-7-3-14)10-16(19-12)20-8-4-13(11-21)5-9-20/h2-3,6-7,10,13,21H,4-5,8-9,11H2,1H3. The van der Waals surface area contributed by atoms with Gasteiger partial charge in [0.15, 0.2) is 0 Å². The molecule has 0 aromatic carbocycles. The number of nitrogens with zero attached hydrogens (tertiary/aromatic N) is 4. The predicted molar refractivity (Wildman–Crippen MR) is 82.0 cm³/mol. The summed E-state index contributed by atoms with van der Waals surface area (Å²) in [6.07, 6.45) is 5.59. The summed E-state index contributed by atoms with van der Waals surface area (Å²) in [7, 11) is 0. The molecule has 0 atom stereocenters. The Morgan fingerprint density at radius 1 is 1.19 bits per heavy atom. The Morgan fingerprint density at radius 3 is 2.57 bits per heavy atom. The van der Waals surface area contributed by atoms with Crippen molar-refractivity contribution in [3.63, 3.8) is 0 Å². The SMILES string of the molecule is Cc1nc(-c2ccncc2)cc(N2CCC(CO)CC2)n1. The minimum absolute atomic E-state index is 0.291. The summed E-state index contributed by atoms with van der Waals surface area (Å²) >= 11 is 0. The van der Waals surface area contributed by atoms with Gasteiger partial charge < -0.3 is 10.0 Å². The summed E-state index contributed by atoms with van der Waals surface area (Å²) in [6, 6.07) is 5.97. The van der Waals surface area contributed by atoms with Gasteiger partial charge >= 0.3 is 0 Å². The Balaban J connectivity index is 1.85. The lowest BCUT2D eigenvalue weighted by Gasteiger charge is -2.32. The van der Waals surface area contributed by atoms with Gasteiger partial charge in [-0.25, -0.2) is 9.97 Å². The van der Waals surface area contributed by atoms with Crippen molar-refractivity contribution in [2.45, 2.75) is 19.8 Å². The Kier molecular flexibility index (Phi) is 4.10. The van der Waals surface area contributed by atoms with Gasteiger partial charge in [-0.2, -0.15) is 0 Å². The zero-order chi connectivity index (χ0) is 14.7. The highest BCUT2D eigenvalue weighted by Crippen LogP contribution is 2.25. The zero-order valence-electron chi connectivity index (χ0n) is 12.2. The van der Waals surface area contributed by atoms with Crippen LogP contribution in [0.15, 0.2) is 30.6 Å². The number of hydrogen-bond donors (Lipinski definition) is 1. The van der Waals surface area contributed by atoms with Crippen molar-refractivity contribution >= 4 is 5.82 Å². The molecule has 0 unspecified atom stereocenters. The number of rotatable bonds is 3. The second-order valence-corrected chi connectivity index (χ2v) is 5.51. The molecule has 0 saturated carbocycles. The number of piperidine rings is 1. The molecule has 0 radical (unpaired) electrons. The third-order valence-corrected chi connectivity index (χ3v) is 4.00. The van der Waals surface area contributed by atoms with Gasteiger partial charge in [-0.1, -0.05) is 0 Å². The van der Waals surface area contributed by atoms with Crippen molar-refractivity contribution in [2.24, 2.45) is 5.92 Å². The number of aromatic nitrogens is 3. The zero-order valence-corrected chi connectivity index (χ0v) is 12.2. The molecule has 21 heavy (non-hydrogen) atoms. The molecular weight excluding hydrogens is 264 g/mol. The molecule has 5 heteroatoms. The van der Waals surface area contributed by atoms with Crippen molar-refractivity contribution in [1.82, 2.24) is 15.0 Å². The van der Waals surface area contributed by atoms with Crippen molar-refractivity contribution in [1.29, 1.82) is 0 Å². The van der Waals surface area contributed by atoms with Crippen LogP contribution in [-0.2, 0) is 0 Å². The summed E-state index contributed by atoms with van der Waals surface area (Å²) in [5.74, 6) is 2.19. The fourth-order valence-electron chi connectivity index (χ4n) is 2.73. The highest BCUT2D eigenvalue weighted by Gasteiger charge is 2.20. The molecule has 2 aromatic heterocycles. The van der Waals surface area contributed by atoms with Crippen LogP contribution in [0.3, 0.4) is 0 Å². The number of pyridine rings is 1. The summed E-state index contributed by atoms with van der Waals surface area (Å²) in [4.78, 5) is 15.4. The van der Waals surface area contributed by atoms with Crippen LogP contribution in [0.1, 0.15) is 18.7 Å². The van der Waals surface area contributed by atoms with Gasteiger partial charge in [0, 0.05) is 43.7 Å². The van der Waals surface area contributed by atoms with E-state index < -0.39 is 0 Å². The van der Waals surface area contributed by atoms with Crippen LogP contribution in [0.2, 0.25) is 0 Å². The molecule has 5 nitrogen and oxygen atoms in total. The van der Waals surface area contributed by atoms with E-state index in [9.17, 15) is 5.11 Å². The van der Waals surface area contributed by atoms with E-state index in [0.717, 1.165) is 48.8 Å². The number of aliphatic hydroxyl groups excluding tert-OH is 1. The highest BCUT2D eigenvalue weighted by atomic mass is 16.3. The molecule has 1 N–H and O–H groups in total. The largest absolute Gasteiger partial charge is 0.396 e. The number of aliphatic hydroxyl groups is 1. The quantitative estimate of drug-likeness (QED) is 0.934. The molecule has 110 valence electrons. The fraction of sp³-hybridized carbons (Fsp3) is 0.438. The van der Waals surface area contributed by atoms with Crippen LogP contribution in [0.5, 0.6) is 0 Å². The summed E-state index contributed by atoms with van der Waals surface area (Å²) in [5.41, 5.74) is 1.99. The third kappa shape index (κ3) is 3.19. The highest BCUT2D eigenvalue weighted by molar-refractivity contribution is 5.62. The Labute approximate surface area is 124 Å². The lowest BCUT2D eigenvalue weighted by molar-refractivity contribution is 0.203. The van der Waals surface area contributed by atoms with Gasteiger partial charge in [-0.05, 0) is 37.8 Å². The lowest BCUT2D eigenvalue weighted by Crippen LogP contribution is -2.35. The lowest BCUT2D eigenvalue weighted by atomic mass is 9.98. The fourth-order valence-corrected chi connectivity index (χ4v) is 2.73. The van der Waals surface area contributed by atoms with Gasteiger partial charge in [0.25, 0.3) is 0 Å².